The average molecular weight is 641 g/mol. The number of likely N-dealkylation sites (tertiary alicyclic amines) is 1. The van der Waals surface area contributed by atoms with Crippen molar-refractivity contribution < 1.29 is 4.39 Å². The molecule has 6 nitrogen and oxygen atoms in total. The van der Waals surface area contributed by atoms with Crippen LogP contribution in [0.3, 0.4) is 0 Å². The smallest absolute Gasteiger partial charge is 0.123 e. The lowest BCUT2D eigenvalue weighted by Crippen LogP contribution is -2.47. The first-order chi connectivity index (χ1) is 23.3. The van der Waals surface area contributed by atoms with E-state index in [1.54, 1.807) is 24.3 Å². The van der Waals surface area contributed by atoms with Crippen LogP contribution in [0.1, 0.15) is 67.1 Å². The van der Waals surface area contributed by atoms with Gasteiger partial charge in [-0.15, -0.1) is 0 Å². The van der Waals surface area contributed by atoms with Crippen LogP contribution in [0.15, 0.2) is 121 Å². The SMILES string of the molecule is C=C1CCC(c2ccc(N3CCC(N4CCC(c5ccc(N6C=CC(=N)/C6=C\C(=N)c6cccc(F)c6)cc5)CC4)CC3)cc2)C(=C)N1. The molecule has 1 atom stereocenters. The second kappa shape index (κ2) is 13.8. The Hall–Kier alpha value is -4.75. The molecular formula is C41H45FN6. The maximum absolute atomic E-state index is 13.7. The Morgan fingerprint density at radius 1 is 0.833 bits per heavy atom. The number of benzene rings is 3. The van der Waals surface area contributed by atoms with Gasteiger partial charge in [-0.2, -0.15) is 0 Å². The van der Waals surface area contributed by atoms with Gasteiger partial charge in [0.25, 0.3) is 0 Å². The van der Waals surface area contributed by atoms with Crippen LogP contribution < -0.4 is 15.1 Å². The summed E-state index contributed by atoms with van der Waals surface area (Å²) in [6.07, 6.45) is 12.1. The highest BCUT2D eigenvalue weighted by atomic mass is 19.1. The first-order valence-corrected chi connectivity index (χ1v) is 17.3. The number of hydrogen-bond donors (Lipinski definition) is 3. The zero-order valence-electron chi connectivity index (χ0n) is 27.6. The van der Waals surface area contributed by atoms with Gasteiger partial charge < -0.3 is 25.4 Å². The van der Waals surface area contributed by atoms with Gasteiger partial charge in [-0.3, -0.25) is 5.41 Å². The van der Waals surface area contributed by atoms with Crippen LogP contribution in [-0.4, -0.2) is 48.5 Å². The van der Waals surface area contributed by atoms with E-state index in [-0.39, 0.29) is 11.5 Å². The maximum atomic E-state index is 13.7. The van der Waals surface area contributed by atoms with Gasteiger partial charge in [-0.25, -0.2) is 4.39 Å². The first kappa shape index (κ1) is 31.8. The molecule has 4 aliphatic rings. The molecule has 0 amide bonds. The fraction of sp³-hybridized carbons (Fsp3) is 0.317. The largest absolute Gasteiger partial charge is 0.371 e. The number of nitrogens with one attached hydrogen (secondary N) is 3. The van der Waals surface area contributed by atoms with Crippen molar-refractivity contribution in [1.82, 2.24) is 10.2 Å². The summed E-state index contributed by atoms with van der Waals surface area (Å²) >= 11 is 0. The van der Waals surface area contributed by atoms with E-state index in [0.717, 1.165) is 56.1 Å². The molecule has 0 aliphatic carbocycles. The van der Waals surface area contributed by atoms with E-state index in [9.17, 15) is 4.39 Å². The van der Waals surface area contributed by atoms with E-state index >= 15 is 0 Å². The van der Waals surface area contributed by atoms with Crippen molar-refractivity contribution in [2.45, 2.75) is 56.4 Å². The summed E-state index contributed by atoms with van der Waals surface area (Å²) in [5, 5.41) is 20.3. The summed E-state index contributed by atoms with van der Waals surface area (Å²) in [6, 6.07) is 24.5. The van der Waals surface area contributed by atoms with E-state index in [0.29, 0.717) is 34.8 Å². The summed E-state index contributed by atoms with van der Waals surface area (Å²) in [6.45, 7) is 12.8. The molecule has 0 spiro atoms. The van der Waals surface area contributed by atoms with Gasteiger partial charge in [-0.05, 0) is 117 Å². The number of anilines is 2. The minimum Gasteiger partial charge on any atom is -0.371 e. The van der Waals surface area contributed by atoms with Gasteiger partial charge in [0.05, 0.1) is 17.1 Å². The fourth-order valence-electron chi connectivity index (χ4n) is 7.84. The molecule has 0 aromatic heterocycles. The Kier molecular flexibility index (Phi) is 9.13. The summed E-state index contributed by atoms with van der Waals surface area (Å²) in [4.78, 5) is 7.21. The Morgan fingerprint density at radius 2 is 1.52 bits per heavy atom. The fourth-order valence-corrected chi connectivity index (χ4v) is 7.84. The Bertz CT molecular complexity index is 1760. The summed E-state index contributed by atoms with van der Waals surface area (Å²) in [5.41, 5.74) is 8.74. The zero-order chi connectivity index (χ0) is 33.2. The van der Waals surface area contributed by atoms with Crippen molar-refractivity contribution in [2.24, 2.45) is 0 Å². The molecule has 0 saturated carbocycles. The Balaban J connectivity index is 0.904. The molecule has 0 radical (unpaired) electrons. The minimum absolute atomic E-state index is 0.178. The van der Waals surface area contributed by atoms with Gasteiger partial charge in [0, 0.05) is 59.6 Å². The number of halogens is 1. The molecule has 3 fully saturated rings. The molecule has 3 N–H and O–H groups in total. The summed E-state index contributed by atoms with van der Waals surface area (Å²) in [7, 11) is 0. The van der Waals surface area contributed by atoms with Gasteiger partial charge in [-0.1, -0.05) is 49.6 Å². The standard InChI is InChI=1S/C41H45FN6/c1-28-6-15-38(29(2)45-28)32-9-11-35(12-10-32)47-23-18-36(19-24-47)46-21-16-31(17-22-46)30-7-13-37(14-8-30)48-25-20-39(43)41(48)27-40(44)33-4-3-5-34(42)26-33/h3-5,7-14,20,25-27,31,36,38,43-45H,1-2,6,15-19,21-24H2/b41-27+,43-39?,44-40?. The van der Waals surface area contributed by atoms with Gasteiger partial charge in [0.2, 0.25) is 0 Å². The first-order valence-electron chi connectivity index (χ1n) is 17.3. The van der Waals surface area contributed by atoms with Crippen molar-refractivity contribution >= 4 is 22.8 Å². The van der Waals surface area contributed by atoms with E-state index in [2.05, 4.69) is 76.8 Å². The molecule has 4 heterocycles. The molecule has 7 heteroatoms. The van der Waals surface area contributed by atoms with E-state index < -0.39 is 0 Å². The molecule has 7 rings (SSSR count). The number of allylic oxidation sites excluding steroid dienone is 4. The van der Waals surface area contributed by atoms with Gasteiger partial charge in [0.1, 0.15) is 5.82 Å². The van der Waals surface area contributed by atoms with Crippen LogP contribution in [0.4, 0.5) is 15.8 Å². The third-order valence-electron chi connectivity index (χ3n) is 10.6. The zero-order valence-corrected chi connectivity index (χ0v) is 27.6. The highest BCUT2D eigenvalue weighted by Gasteiger charge is 2.29. The van der Waals surface area contributed by atoms with Crippen LogP contribution in [0.5, 0.6) is 0 Å². The van der Waals surface area contributed by atoms with E-state index in [1.165, 1.54) is 54.6 Å². The van der Waals surface area contributed by atoms with E-state index in [1.807, 2.05) is 11.1 Å². The molecule has 1 unspecified atom stereocenters. The number of rotatable bonds is 7. The summed E-state index contributed by atoms with van der Waals surface area (Å²) < 4.78 is 13.7. The van der Waals surface area contributed by atoms with Crippen molar-refractivity contribution in [3.05, 3.63) is 144 Å². The van der Waals surface area contributed by atoms with Gasteiger partial charge in [0.15, 0.2) is 0 Å². The van der Waals surface area contributed by atoms with Crippen molar-refractivity contribution in [2.75, 3.05) is 36.0 Å². The average Bonchev–Trinajstić information content (AvgIpc) is 3.48. The van der Waals surface area contributed by atoms with Crippen molar-refractivity contribution in [3.8, 4) is 0 Å². The van der Waals surface area contributed by atoms with Gasteiger partial charge >= 0.3 is 0 Å². The third-order valence-corrected chi connectivity index (χ3v) is 10.6. The number of nitrogens with zero attached hydrogens (tertiary/aromatic N) is 3. The van der Waals surface area contributed by atoms with Crippen molar-refractivity contribution in [1.29, 1.82) is 10.8 Å². The van der Waals surface area contributed by atoms with Crippen LogP contribution >= 0.6 is 0 Å². The number of hydrogen-bond acceptors (Lipinski definition) is 6. The lowest BCUT2D eigenvalue weighted by atomic mass is 9.87. The molecule has 3 saturated heterocycles. The molecule has 0 bridgehead atoms. The molecule has 246 valence electrons. The Morgan fingerprint density at radius 3 is 2.21 bits per heavy atom. The second-order valence-corrected chi connectivity index (χ2v) is 13.6. The van der Waals surface area contributed by atoms with Crippen LogP contribution in [0.2, 0.25) is 0 Å². The quantitative estimate of drug-likeness (QED) is 0.227. The second-order valence-electron chi connectivity index (χ2n) is 13.6. The lowest BCUT2D eigenvalue weighted by molar-refractivity contribution is 0.132. The van der Waals surface area contributed by atoms with Crippen LogP contribution in [0, 0.1) is 16.6 Å². The predicted molar refractivity (Wildman–Crippen MR) is 196 cm³/mol. The monoisotopic (exact) mass is 640 g/mol. The topological polar surface area (TPSA) is 69.5 Å². The maximum Gasteiger partial charge on any atom is 0.123 e. The Labute approximate surface area is 284 Å². The van der Waals surface area contributed by atoms with E-state index in [4.69, 9.17) is 10.8 Å². The molecular weight excluding hydrogens is 595 g/mol. The molecule has 4 aliphatic heterocycles. The van der Waals surface area contributed by atoms with Crippen LogP contribution in [-0.2, 0) is 0 Å². The van der Waals surface area contributed by atoms with Crippen LogP contribution in [0.25, 0.3) is 0 Å². The summed E-state index contributed by atoms with van der Waals surface area (Å²) in [5.74, 6) is 0.536. The minimum atomic E-state index is -0.372. The highest BCUT2D eigenvalue weighted by molar-refractivity contribution is 6.18. The molecule has 3 aromatic rings. The van der Waals surface area contributed by atoms with Crippen molar-refractivity contribution in [3.63, 3.8) is 0 Å². The molecule has 48 heavy (non-hydrogen) atoms. The highest BCUT2D eigenvalue weighted by Crippen LogP contribution is 2.36. The normalized spacial score (nSPS) is 22.1. The predicted octanol–water partition coefficient (Wildman–Crippen LogP) is 8.47. The number of piperidine rings is 3. The third kappa shape index (κ3) is 6.78. The molecule has 3 aromatic carbocycles. The lowest BCUT2D eigenvalue weighted by Gasteiger charge is -2.42.